The number of benzene rings is 1. The molecule has 2 aromatic rings. The molecule has 1 aromatic carbocycles. The lowest BCUT2D eigenvalue weighted by atomic mass is 10.1. The second kappa shape index (κ2) is 4.56. The van der Waals surface area contributed by atoms with E-state index in [0.29, 0.717) is 0 Å². The van der Waals surface area contributed by atoms with E-state index in [1.165, 1.54) is 10.9 Å². The maximum atomic E-state index is 4.42. The molecule has 0 aliphatic carbocycles. The van der Waals surface area contributed by atoms with E-state index in [4.69, 9.17) is 0 Å². The van der Waals surface area contributed by atoms with Crippen LogP contribution < -0.4 is 0 Å². The highest BCUT2D eigenvalue weighted by atomic mass is 79.9. The molecule has 72 valence electrons. The highest BCUT2D eigenvalue weighted by Crippen LogP contribution is 2.17. The summed E-state index contributed by atoms with van der Waals surface area (Å²) in [4.78, 5) is 4.42. The van der Waals surface area contributed by atoms with Crippen molar-refractivity contribution >= 4 is 26.8 Å². The minimum atomic E-state index is 1.05. The van der Waals surface area contributed by atoms with E-state index < -0.39 is 0 Å². The minimum absolute atomic E-state index is 1.05. The molecule has 0 saturated carbocycles. The minimum Gasteiger partial charge on any atom is -0.256 e. The monoisotopic (exact) mass is 249 g/mol. The van der Waals surface area contributed by atoms with Crippen molar-refractivity contribution in [3.8, 4) is 0 Å². The predicted molar refractivity (Wildman–Crippen MR) is 63.9 cm³/mol. The van der Waals surface area contributed by atoms with Crippen LogP contribution in [-0.2, 0) is 6.42 Å². The summed E-state index contributed by atoms with van der Waals surface area (Å²) in [6.45, 7) is 0. The van der Waals surface area contributed by atoms with Crippen LogP contribution in [0.25, 0.3) is 10.9 Å². The third-order valence-electron chi connectivity index (χ3n) is 2.30. The van der Waals surface area contributed by atoms with Gasteiger partial charge in [-0.3, -0.25) is 4.98 Å². The Kier molecular flexibility index (Phi) is 3.14. The number of nitrogens with zero attached hydrogens (tertiary/aromatic N) is 1. The fourth-order valence-electron chi connectivity index (χ4n) is 1.63. The molecule has 0 spiro atoms. The van der Waals surface area contributed by atoms with E-state index in [-0.39, 0.29) is 0 Å². The fraction of sp³-hybridized carbons (Fsp3) is 0.250. The van der Waals surface area contributed by atoms with Crippen LogP contribution in [0.1, 0.15) is 12.0 Å². The van der Waals surface area contributed by atoms with Crippen molar-refractivity contribution < 1.29 is 0 Å². The number of pyridine rings is 1. The number of halogens is 1. The summed E-state index contributed by atoms with van der Waals surface area (Å²) >= 11 is 3.45. The van der Waals surface area contributed by atoms with Gasteiger partial charge in [-0.15, -0.1) is 0 Å². The second-order valence-electron chi connectivity index (χ2n) is 3.28. The molecule has 1 aromatic heterocycles. The van der Waals surface area contributed by atoms with Gasteiger partial charge in [0.2, 0.25) is 0 Å². The van der Waals surface area contributed by atoms with E-state index in [1.54, 1.807) is 0 Å². The average molecular weight is 250 g/mol. The molecule has 14 heavy (non-hydrogen) atoms. The highest BCUT2D eigenvalue weighted by molar-refractivity contribution is 9.09. The molecular weight excluding hydrogens is 238 g/mol. The third-order valence-corrected chi connectivity index (χ3v) is 2.86. The van der Waals surface area contributed by atoms with Gasteiger partial charge in [-0.05, 0) is 24.5 Å². The topological polar surface area (TPSA) is 12.9 Å². The standard InChI is InChI=1S/C12H12BrN/c13-8-2-6-10-4-1-5-11-7-3-9-14-12(10)11/h1,3-5,7,9H,2,6,8H2. The molecule has 0 aliphatic rings. The van der Waals surface area contributed by atoms with Crippen molar-refractivity contribution in [1.29, 1.82) is 0 Å². The molecule has 2 rings (SSSR count). The van der Waals surface area contributed by atoms with Gasteiger partial charge < -0.3 is 0 Å². The Hall–Kier alpha value is -0.890. The fourth-order valence-corrected chi connectivity index (χ4v) is 1.91. The maximum Gasteiger partial charge on any atom is 0.0733 e. The van der Waals surface area contributed by atoms with Crippen LogP contribution in [0, 0.1) is 0 Å². The Morgan fingerprint density at radius 3 is 2.86 bits per heavy atom. The first kappa shape index (κ1) is 9.66. The van der Waals surface area contributed by atoms with Crippen LogP contribution in [0.15, 0.2) is 36.5 Å². The first-order chi connectivity index (χ1) is 6.92. The molecule has 0 N–H and O–H groups in total. The summed E-state index contributed by atoms with van der Waals surface area (Å²) < 4.78 is 0. The van der Waals surface area contributed by atoms with Crippen LogP contribution in [0.5, 0.6) is 0 Å². The van der Waals surface area contributed by atoms with Gasteiger partial charge in [0.05, 0.1) is 5.52 Å². The lowest BCUT2D eigenvalue weighted by Crippen LogP contribution is -1.89. The third kappa shape index (κ3) is 1.95. The largest absolute Gasteiger partial charge is 0.256 e. The summed E-state index contributed by atoms with van der Waals surface area (Å²) in [5.41, 5.74) is 2.50. The van der Waals surface area contributed by atoms with Crippen LogP contribution in [0.4, 0.5) is 0 Å². The Bertz CT molecular complexity index is 420. The first-order valence-electron chi connectivity index (χ1n) is 4.80. The number of para-hydroxylation sites is 1. The van der Waals surface area contributed by atoms with Crippen LogP contribution >= 0.6 is 15.9 Å². The molecule has 1 nitrogen and oxygen atoms in total. The zero-order chi connectivity index (χ0) is 9.80. The molecule has 1 heterocycles. The van der Waals surface area contributed by atoms with Gasteiger partial charge in [0, 0.05) is 16.9 Å². The van der Waals surface area contributed by atoms with E-state index >= 15 is 0 Å². The van der Waals surface area contributed by atoms with Crippen molar-refractivity contribution in [2.24, 2.45) is 0 Å². The maximum absolute atomic E-state index is 4.42. The van der Waals surface area contributed by atoms with Gasteiger partial charge in [0.15, 0.2) is 0 Å². The Morgan fingerprint density at radius 2 is 2.00 bits per heavy atom. The quantitative estimate of drug-likeness (QED) is 0.759. The van der Waals surface area contributed by atoms with Gasteiger partial charge in [-0.2, -0.15) is 0 Å². The summed E-state index contributed by atoms with van der Waals surface area (Å²) in [5, 5.41) is 2.29. The number of fused-ring (bicyclic) bond motifs is 1. The molecule has 2 heteroatoms. The first-order valence-corrected chi connectivity index (χ1v) is 5.92. The summed E-state index contributed by atoms with van der Waals surface area (Å²) in [7, 11) is 0. The van der Waals surface area contributed by atoms with Crippen molar-refractivity contribution in [1.82, 2.24) is 4.98 Å². The van der Waals surface area contributed by atoms with Crippen molar-refractivity contribution in [2.45, 2.75) is 12.8 Å². The summed E-state index contributed by atoms with van der Waals surface area (Å²) in [6, 6.07) is 10.5. The summed E-state index contributed by atoms with van der Waals surface area (Å²) in [5.74, 6) is 0. The molecule has 0 bridgehead atoms. The highest BCUT2D eigenvalue weighted by Gasteiger charge is 2.00. The van der Waals surface area contributed by atoms with Crippen molar-refractivity contribution in [2.75, 3.05) is 5.33 Å². The Balaban J connectivity index is 2.43. The van der Waals surface area contributed by atoms with Gasteiger partial charge >= 0.3 is 0 Å². The Labute approximate surface area is 92.3 Å². The van der Waals surface area contributed by atoms with E-state index in [9.17, 15) is 0 Å². The van der Waals surface area contributed by atoms with Gasteiger partial charge in [0.1, 0.15) is 0 Å². The van der Waals surface area contributed by atoms with Gasteiger partial charge in [-0.1, -0.05) is 40.2 Å². The van der Waals surface area contributed by atoms with E-state index in [2.05, 4.69) is 45.2 Å². The van der Waals surface area contributed by atoms with E-state index in [0.717, 1.165) is 23.7 Å². The molecule has 0 unspecified atom stereocenters. The zero-order valence-electron chi connectivity index (χ0n) is 7.91. The normalized spacial score (nSPS) is 10.6. The smallest absolute Gasteiger partial charge is 0.0733 e. The van der Waals surface area contributed by atoms with Gasteiger partial charge in [-0.25, -0.2) is 0 Å². The Morgan fingerprint density at radius 1 is 1.14 bits per heavy atom. The molecule has 0 fully saturated rings. The SMILES string of the molecule is BrCCCc1cccc2cccnc12. The predicted octanol–water partition coefficient (Wildman–Crippen LogP) is 3.56. The zero-order valence-corrected chi connectivity index (χ0v) is 9.50. The van der Waals surface area contributed by atoms with Crippen molar-refractivity contribution in [3.63, 3.8) is 0 Å². The van der Waals surface area contributed by atoms with Crippen LogP contribution in [0.2, 0.25) is 0 Å². The number of hydrogen-bond acceptors (Lipinski definition) is 1. The van der Waals surface area contributed by atoms with Crippen LogP contribution in [0.3, 0.4) is 0 Å². The lowest BCUT2D eigenvalue weighted by molar-refractivity contribution is 0.944. The van der Waals surface area contributed by atoms with Gasteiger partial charge in [0.25, 0.3) is 0 Å². The number of rotatable bonds is 3. The number of aromatic nitrogens is 1. The second-order valence-corrected chi connectivity index (χ2v) is 4.08. The van der Waals surface area contributed by atoms with Crippen LogP contribution in [-0.4, -0.2) is 10.3 Å². The van der Waals surface area contributed by atoms with E-state index in [1.807, 2.05) is 12.3 Å². The average Bonchev–Trinajstić information content (AvgIpc) is 2.26. The number of alkyl halides is 1. The molecule has 0 atom stereocenters. The molecule has 0 aliphatic heterocycles. The molecule has 0 amide bonds. The molecular formula is C12H12BrN. The summed E-state index contributed by atoms with van der Waals surface area (Å²) in [6.07, 6.45) is 4.12. The molecule has 0 radical (unpaired) electrons. The number of aryl methyl sites for hydroxylation is 1. The number of hydrogen-bond donors (Lipinski definition) is 0. The lowest BCUT2D eigenvalue weighted by Gasteiger charge is -2.03. The van der Waals surface area contributed by atoms with Crippen molar-refractivity contribution in [3.05, 3.63) is 42.1 Å². The molecule has 0 saturated heterocycles.